The van der Waals surface area contributed by atoms with Gasteiger partial charge in [-0.25, -0.2) is 9.97 Å². The van der Waals surface area contributed by atoms with Crippen LogP contribution < -0.4 is 5.56 Å². The molecule has 10 heteroatoms. The van der Waals surface area contributed by atoms with Gasteiger partial charge >= 0.3 is 0 Å². The molecular formula is C23H32N4O5S. The summed E-state index contributed by atoms with van der Waals surface area (Å²) in [5, 5.41) is 0.961. The van der Waals surface area contributed by atoms with Gasteiger partial charge in [-0.1, -0.05) is 0 Å². The molecule has 33 heavy (non-hydrogen) atoms. The zero-order valence-electron chi connectivity index (χ0n) is 19.7. The van der Waals surface area contributed by atoms with E-state index < -0.39 is 0 Å². The number of hydrogen-bond acceptors (Lipinski definition) is 9. The van der Waals surface area contributed by atoms with Crippen LogP contribution >= 0.6 is 11.3 Å². The molecule has 3 aromatic heterocycles. The number of nitrogens with zero attached hydrogens (tertiary/aromatic N) is 3. The molecule has 180 valence electrons. The number of rotatable bonds is 11. The molecule has 0 aliphatic carbocycles. The van der Waals surface area contributed by atoms with Crippen molar-refractivity contribution in [2.24, 2.45) is 0 Å². The van der Waals surface area contributed by atoms with Crippen LogP contribution in [0.4, 0.5) is 0 Å². The summed E-state index contributed by atoms with van der Waals surface area (Å²) < 4.78 is 22.9. The molecule has 0 amide bonds. The van der Waals surface area contributed by atoms with E-state index in [4.69, 9.17) is 23.9 Å². The summed E-state index contributed by atoms with van der Waals surface area (Å²) in [5.74, 6) is 0. The Hall–Kier alpha value is -1.95. The van der Waals surface area contributed by atoms with Crippen molar-refractivity contribution in [2.45, 2.75) is 39.0 Å². The molecule has 0 unspecified atom stereocenters. The number of thiophene rings is 1. The summed E-state index contributed by atoms with van der Waals surface area (Å²) in [6, 6.07) is 0. The van der Waals surface area contributed by atoms with Crippen molar-refractivity contribution in [3.63, 3.8) is 0 Å². The van der Waals surface area contributed by atoms with Crippen molar-refractivity contribution in [1.82, 2.24) is 19.9 Å². The number of aromatic nitrogens is 3. The Morgan fingerprint density at radius 2 is 1.97 bits per heavy atom. The minimum absolute atomic E-state index is 0.127. The molecule has 0 bridgehead atoms. The van der Waals surface area contributed by atoms with Crippen LogP contribution in [0.1, 0.15) is 30.7 Å². The Kier molecular flexibility index (Phi) is 7.72. The van der Waals surface area contributed by atoms with E-state index in [1.165, 1.54) is 17.7 Å². The summed E-state index contributed by atoms with van der Waals surface area (Å²) in [6.07, 6.45) is 2.20. The number of aromatic amines is 1. The third-order valence-corrected chi connectivity index (χ3v) is 6.83. The molecule has 0 spiro atoms. The maximum Gasteiger partial charge on any atom is 0.268 e. The lowest BCUT2D eigenvalue weighted by Crippen LogP contribution is -2.34. The van der Waals surface area contributed by atoms with Crippen LogP contribution in [0.2, 0.25) is 0 Å². The lowest BCUT2D eigenvalue weighted by molar-refractivity contribution is -0.0416. The van der Waals surface area contributed by atoms with E-state index in [-0.39, 0.29) is 11.2 Å². The predicted octanol–water partition coefficient (Wildman–Crippen LogP) is 2.50. The van der Waals surface area contributed by atoms with Gasteiger partial charge < -0.3 is 23.9 Å². The number of fused-ring (bicyclic) bond motifs is 4. The highest BCUT2D eigenvalue weighted by Gasteiger charge is 2.31. The van der Waals surface area contributed by atoms with E-state index in [0.29, 0.717) is 56.4 Å². The summed E-state index contributed by atoms with van der Waals surface area (Å²) in [4.78, 5) is 27.6. The molecule has 4 rings (SSSR count). The van der Waals surface area contributed by atoms with Gasteiger partial charge in [-0.2, -0.15) is 0 Å². The number of hydrogen-bond donors (Lipinski definition) is 1. The summed E-state index contributed by atoms with van der Waals surface area (Å²) >= 11 is 1.41. The Balaban J connectivity index is 1.54. The van der Waals surface area contributed by atoms with Crippen LogP contribution in [-0.2, 0) is 38.5 Å². The Morgan fingerprint density at radius 1 is 1.21 bits per heavy atom. The van der Waals surface area contributed by atoms with Crippen LogP contribution in [-0.4, -0.2) is 79.2 Å². The third-order valence-electron chi connectivity index (χ3n) is 5.76. The maximum atomic E-state index is 12.4. The molecule has 1 N–H and O–H groups in total. The fourth-order valence-electron chi connectivity index (χ4n) is 4.02. The van der Waals surface area contributed by atoms with Crippen molar-refractivity contribution in [3.05, 3.63) is 33.5 Å². The van der Waals surface area contributed by atoms with Crippen LogP contribution in [0.3, 0.4) is 0 Å². The van der Waals surface area contributed by atoms with Crippen molar-refractivity contribution in [3.8, 4) is 0 Å². The molecule has 0 atom stereocenters. The zero-order chi connectivity index (χ0) is 23.4. The number of ether oxygens (including phenoxy) is 4. The molecule has 3 aromatic rings. The van der Waals surface area contributed by atoms with E-state index in [9.17, 15) is 4.79 Å². The van der Waals surface area contributed by atoms with Crippen molar-refractivity contribution < 1.29 is 18.9 Å². The normalized spacial score (nSPS) is 15.5. The predicted molar refractivity (Wildman–Crippen MR) is 128 cm³/mol. The van der Waals surface area contributed by atoms with Gasteiger partial charge in [0.05, 0.1) is 62.8 Å². The third kappa shape index (κ3) is 5.59. The second-order valence-corrected chi connectivity index (χ2v) is 9.89. The van der Waals surface area contributed by atoms with E-state index in [1.807, 2.05) is 0 Å². The fourth-order valence-corrected chi connectivity index (χ4v) is 5.10. The fraction of sp³-hybridized carbons (Fsp3) is 0.609. The molecule has 0 saturated carbocycles. The molecule has 0 radical (unpaired) electrons. The average Bonchev–Trinajstić information content (AvgIpc) is 3.14. The average molecular weight is 477 g/mol. The first-order chi connectivity index (χ1) is 15.9. The molecule has 1 aliphatic rings. The summed E-state index contributed by atoms with van der Waals surface area (Å²) in [5.41, 5.74) is 3.63. The van der Waals surface area contributed by atoms with E-state index in [0.717, 1.165) is 40.0 Å². The Labute approximate surface area is 197 Å². The van der Waals surface area contributed by atoms with Crippen LogP contribution in [0.25, 0.3) is 20.4 Å². The van der Waals surface area contributed by atoms with Gasteiger partial charge in [0.2, 0.25) is 0 Å². The summed E-state index contributed by atoms with van der Waals surface area (Å²) in [6.45, 7) is 9.01. The summed E-state index contributed by atoms with van der Waals surface area (Å²) in [7, 11) is 3.73. The lowest BCUT2D eigenvalue weighted by Gasteiger charge is -2.33. The van der Waals surface area contributed by atoms with Crippen LogP contribution in [0, 0.1) is 0 Å². The van der Waals surface area contributed by atoms with E-state index in [1.54, 1.807) is 7.11 Å². The van der Waals surface area contributed by atoms with Gasteiger partial charge in [-0.05, 0) is 26.5 Å². The number of methoxy groups -OCH3 is 1. The first-order valence-corrected chi connectivity index (χ1v) is 12.0. The molecule has 0 saturated heterocycles. The van der Waals surface area contributed by atoms with Crippen LogP contribution in [0.15, 0.2) is 11.1 Å². The highest BCUT2D eigenvalue weighted by Crippen LogP contribution is 2.38. The topological polar surface area (TPSA) is 98.8 Å². The number of pyridine rings is 1. The van der Waals surface area contributed by atoms with E-state index in [2.05, 4.69) is 35.8 Å². The quantitative estimate of drug-likeness (QED) is 0.422. The van der Waals surface area contributed by atoms with Crippen LogP contribution in [0.5, 0.6) is 0 Å². The van der Waals surface area contributed by atoms with Gasteiger partial charge in [-0.3, -0.25) is 9.69 Å². The minimum atomic E-state index is -0.261. The monoisotopic (exact) mass is 476 g/mol. The second kappa shape index (κ2) is 10.5. The van der Waals surface area contributed by atoms with Gasteiger partial charge in [0, 0.05) is 37.6 Å². The lowest BCUT2D eigenvalue weighted by atomic mass is 9.92. The zero-order valence-corrected chi connectivity index (χ0v) is 20.5. The highest BCUT2D eigenvalue weighted by molar-refractivity contribution is 7.25. The minimum Gasteiger partial charge on any atom is -0.382 e. The number of H-pyrrole nitrogens is 1. The molecule has 9 nitrogen and oxygen atoms in total. The number of nitrogens with one attached hydrogen (secondary N) is 1. The Bertz CT molecular complexity index is 1160. The maximum absolute atomic E-state index is 12.4. The molecule has 1 aliphatic heterocycles. The second-order valence-electron chi connectivity index (χ2n) is 8.89. The van der Waals surface area contributed by atoms with Crippen molar-refractivity contribution >= 4 is 31.8 Å². The molecule has 0 aromatic carbocycles. The smallest absolute Gasteiger partial charge is 0.268 e. The standard InChI is InChI=1S/C23H32N4O5S/c1-23(2)11-17-16(13-32-23)15(12-27(3)5-6-30-9-10-31-8-7-29-4)18-19-20(33-22(18)26-17)21(28)25-14-24-19/h14H,5-13H2,1-4H3,(H,24,25,28). The highest BCUT2D eigenvalue weighted by atomic mass is 32.1. The van der Waals surface area contributed by atoms with Gasteiger partial charge in [0.15, 0.2) is 0 Å². The number of likely N-dealkylation sites (N-methyl/N-ethyl adjacent to an activating group) is 1. The molecule has 0 fully saturated rings. The van der Waals surface area contributed by atoms with Gasteiger partial charge in [-0.15, -0.1) is 11.3 Å². The first-order valence-electron chi connectivity index (χ1n) is 11.2. The van der Waals surface area contributed by atoms with Gasteiger partial charge in [0.25, 0.3) is 5.56 Å². The Morgan fingerprint density at radius 3 is 2.76 bits per heavy atom. The largest absolute Gasteiger partial charge is 0.382 e. The first kappa shape index (κ1) is 24.2. The van der Waals surface area contributed by atoms with Gasteiger partial charge in [0.1, 0.15) is 9.53 Å². The molecular weight excluding hydrogens is 444 g/mol. The molecule has 4 heterocycles. The van der Waals surface area contributed by atoms with Crippen molar-refractivity contribution in [2.75, 3.05) is 53.7 Å². The SMILES string of the molecule is COCCOCCOCCN(C)Cc1c2c(nc3sc4c(=O)[nH]cnc4c13)CC(C)(C)OC2. The van der Waals surface area contributed by atoms with E-state index >= 15 is 0 Å². The van der Waals surface area contributed by atoms with Crippen molar-refractivity contribution in [1.29, 1.82) is 0 Å².